The van der Waals surface area contributed by atoms with Gasteiger partial charge >= 0.3 is 0 Å². The molecule has 9 heavy (non-hydrogen) atoms. The zero-order valence-corrected chi connectivity index (χ0v) is 8.02. The van der Waals surface area contributed by atoms with Crippen LogP contribution in [0.4, 0.5) is 0 Å². The topological polar surface area (TPSA) is 0 Å². The largest absolute Gasteiger partial charge is 0.0894 e. The molecule has 0 aromatic rings. The van der Waals surface area contributed by atoms with Gasteiger partial charge < -0.3 is 0 Å². The van der Waals surface area contributed by atoms with Gasteiger partial charge in [-0.1, -0.05) is 26.3 Å². The van der Waals surface area contributed by atoms with Crippen molar-refractivity contribution in [2.75, 3.05) is 0 Å². The van der Waals surface area contributed by atoms with E-state index in [0.717, 1.165) is 11.8 Å². The Morgan fingerprint density at radius 1 is 1.56 bits per heavy atom. The third-order valence-corrected chi connectivity index (χ3v) is 3.06. The minimum Gasteiger partial charge on any atom is -0.0894 e. The van der Waals surface area contributed by atoms with Gasteiger partial charge in [-0.2, -0.15) is 0 Å². The molecule has 1 saturated carbocycles. The maximum absolute atomic E-state index is 3.97. The van der Waals surface area contributed by atoms with E-state index in [-0.39, 0.29) is 0 Å². The van der Waals surface area contributed by atoms with Crippen LogP contribution in [0.25, 0.3) is 0 Å². The normalized spacial score (nSPS) is 34.9. The lowest BCUT2D eigenvalue weighted by atomic mass is 9.99. The number of hydrogen-bond acceptors (Lipinski definition) is 0. The van der Waals surface area contributed by atoms with Gasteiger partial charge in [0.25, 0.3) is 0 Å². The molecule has 52 valence electrons. The van der Waals surface area contributed by atoms with Crippen LogP contribution in [0.15, 0.2) is 10.2 Å². The average molecular weight is 236 g/mol. The molecular formula is C8H13I. The van der Waals surface area contributed by atoms with E-state index in [9.17, 15) is 0 Å². The van der Waals surface area contributed by atoms with Gasteiger partial charge in [-0.25, -0.2) is 0 Å². The average Bonchev–Trinajstić information content (AvgIpc) is 2.13. The van der Waals surface area contributed by atoms with Crippen LogP contribution < -0.4 is 0 Å². The van der Waals surface area contributed by atoms with E-state index in [4.69, 9.17) is 0 Å². The molecule has 0 aromatic carbocycles. The summed E-state index contributed by atoms with van der Waals surface area (Å²) in [5, 5.41) is 0. The second-order valence-corrected chi connectivity index (χ2v) is 4.35. The Morgan fingerprint density at radius 2 is 2.22 bits per heavy atom. The molecule has 0 aromatic heterocycles. The van der Waals surface area contributed by atoms with Gasteiger partial charge in [-0.15, -0.1) is 0 Å². The molecule has 1 rings (SSSR count). The molecule has 1 heteroatoms. The van der Waals surface area contributed by atoms with Gasteiger partial charge in [0.1, 0.15) is 0 Å². The highest BCUT2D eigenvalue weighted by Crippen LogP contribution is 2.37. The molecule has 0 N–H and O–H groups in total. The molecule has 0 aliphatic heterocycles. The van der Waals surface area contributed by atoms with Gasteiger partial charge in [-0.05, 0) is 44.4 Å². The summed E-state index contributed by atoms with van der Waals surface area (Å²) in [6.07, 6.45) is 4.20. The highest BCUT2D eigenvalue weighted by molar-refractivity contribution is 14.1. The van der Waals surface area contributed by atoms with Crippen LogP contribution in [0, 0.1) is 11.8 Å². The molecule has 2 unspecified atom stereocenters. The van der Waals surface area contributed by atoms with Crippen molar-refractivity contribution in [2.45, 2.75) is 26.2 Å². The van der Waals surface area contributed by atoms with Gasteiger partial charge in [-0.3, -0.25) is 0 Å². The van der Waals surface area contributed by atoms with E-state index in [0.29, 0.717) is 0 Å². The number of halogens is 1. The SMILES string of the molecule is C=C(I)C1CCCC1C. The Morgan fingerprint density at radius 3 is 2.44 bits per heavy atom. The highest BCUT2D eigenvalue weighted by atomic mass is 127. The predicted molar refractivity (Wildman–Crippen MR) is 49.7 cm³/mol. The van der Waals surface area contributed by atoms with Crippen LogP contribution in [-0.2, 0) is 0 Å². The van der Waals surface area contributed by atoms with E-state index >= 15 is 0 Å². The monoisotopic (exact) mass is 236 g/mol. The Labute approximate surface area is 70.9 Å². The van der Waals surface area contributed by atoms with Gasteiger partial charge in [0.05, 0.1) is 0 Å². The summed E-state index contributed by atoms with van der Waals surface area (Å²) in [7, 11) is 0. The Balaban J connectivity index is 2.49. The number of allylic oxidation sites excluding steroid dienone is 1. The van der Waals surface area contributed by atoms with Crippen LogP contribution in [0.1, 0.15) is 26.2 Å². The van der Waals surface area contributed by atoms with Crippen molar-refractivity contribution >= 4 is 22.6 Å². The first-order chi connectivity index (χ1) is 4.22. The summed E-state index contributed by atoms with van der Waals surface area (Å²) in [6, 6.07) is 0. The van der Waals surface area contributed by atoms with Crippen LogP contribution in [0.3, 0.4) is 0 Å². The molecule has 0 radical (unpaired) electrons. The minimum absolute atomic E-state index is 0.825. The van der Waals surface area contributed by atoms with Crippen molar-refractivity contribution in [1.29, 1.82) is 0 Å². The van der Waals surface area contributed by atoms with E-state index < -0.39 is 0 Å². The van der Waals surface area contributed by atoms with Gasteiger partial charge in [0.15, 0.2) is 0 Å². The zero-order chi connectivity index (χ0) is 6.85. The van der Waals surface area contributed by atoms with E-state index in [1.165, 1.54) is 22.8 Å². The molecule has 0 saturated heterocycles. The van der Waals surface area contributed by atoms with Crippen molar-refractivity contribution in [3.8, 4) is 0 Å². The molecule has 1 fully saturated rings. The van der Waals surface area contributed by atoms with Crippen molar-refractivity contribution in [3.63, 3.8) is 0 Å². The zero-order valence-electron chi connectivity index (χ0n) is 5.86. The van der Waals surface area contributed by atoms with Crippen molar-refractivity contribution in [1.82, 2.24) is 0 Å². The fourth-order valence-corrected chi connectivity index (χ4v) is 2.54. The molecular weight excluding hydrogens is 223 g/mol. The molecule has 2 atom stereocenters. The maximum Gasteiger partial charge on any atom is -0.00840 e. The summed E-state index contributed by atoms with van der Waals surface area (Å²) >= 11 is 2.37. The summed E-state index contributed by atoms with van der Waals surface area (Å²) in [5.74, 6) is 1.72. The summed E-state index contributed by atoms with van der Waals surface area (Å²) in [4.78, 5) is 0. The maximum atomic E-state index is 3.97. The van der Waals surface area contributed by atoms with Crippen LogP contribution in [0.2, 0.25) is 0 Å². The van der Waals surface area contributed by atoms with Crippen molar-refractivity contribution in [3.05, 3.63) is 10.2 Å². The molecule has 0 heterocycles. The third-order valence-electron chi connectivity index (χ3n) is 2.26. The lowest BCUT2D eigenvalue weighted by Crippen LogP contribution is -2.01. The highest BCUT2D eigenvalue weighted by Gasteiger charge is 2.23. The smallest absolute Gasteiger partial charge is 0.00840 e. The lowest BCUT2D eigenvalue weighted by molar-refractivity contribution is 0.501. The molecule has 1 aliphatic carbocycles. The van der Waals surface area contributed by atoms with Crippen molar-refractivity contribution in [2.24, 2.45) is 11.8 Å². The first kappa shape index (κ1) is 7.58. The Hall–Kier alpha value is 0.470. The van der Waals surface area contributed by atoms with E-state index in [1.54, 1.807) is 0 Å². The molecule has 0 nitrogen and oxygen atoms in total. The minimum atomic E-state index is 0.825. The fourth-order valence-electron chi connectivity index (χ4n) is 1.61. The van der Waals surface area contributed by atoms with Crippen LogP contribution >= 0.6 is 22.6 Å². The summed E-state index contributed by atoms with van der Waals surface area (Å²) in [6.45, 7) is 6.31. The summed E-state index contributed by atoms with van der Waals surface area (Å²) < 4.78 is 1.36. The van der Waals surface area contributed by atoms with Crippen LogP contribution in [0.5, 0.6) is 0 Å². The fraction of sp³-hybridized carbons (Fsp3) is 0.750. The van der Waals surface area contributed by atoms with E-state index in [2.05, 4.69) is 36.1 Å². The van der Waals surface area contributed by atoms with E-state index in [1.807, 2.05) is 0 Å². The first-order valence-corrected chi connectivity index (χ1v) is 4.64. The quantitative estimate of drug-likeness (QED) is 0.612. The Bertz CT molecular complexity index is 118. The standard InChI is InChI=1S/C8H13I/c1-6-4-3-5-8(6)7(2)9/h6,8H,2-5H2,1H3. The first-order valence-electron chi connectivity index (χ1n) is 3.56. The Kier molecular flexibility index (Phi) is 2.56. The molecule has 1 aliphatic rings. The molecule has 0 bridgehead atoms. The predicted octanol–water partition coefficient (Wildman–Crippen LogP) is 3.37. The van der Waals surface area contributed by atoms with Crippen LogP contribution in [-0.4, -0.2) is 0 Å². The lowest BCUT2D eigenvalue weighted by Gasteiger charge is -2.12. The third kappa shape index (κ3) is 1.69. The molecule has 0 spiro atoms. The molecule has 0 amide bonds. The second-order valence-electron chi connectivity index (χ2n) is 2.96. The number of hydrogen-bond donors (Lipinski definition) is 0. The second kappa shape index (κ2) is 3.04. The van der Waals surface area contributed by atoms with Gasteiger partial charge in [0, 0.05) is 0 Å². The van der Waals surface area contributed by atoms with Gasteiger partial charge in [0.2, 0.25) is 0 Å². The summed E-state index contributed by atoms with van der Waals surface area (Å²) in [5.41, 5.74) is 0. The number of rotatable bonds is 1. The van der Waals surface area contributed by atoms with Crippen molar-refractivity contribution < 1.29 is 0 Å².